The Morgan fingerprint density at radius 1 is 1.14 bits per heavy atom. The smallest absolute Gasteiger partial charge is 0.222 e. The van der Waals surface area contributed by atoms with Gasteiger partial charge < -0.3 is 4.90 Å². The second-order valence-corrected chi connectivity index (χ2v) is 9.93. The molecule has 1 aliphatic heterocycles. The number of rotatable bonds is 6. The molecule has 0 aromatic carbocycles. The highest BCUT2D eigenvalue weighted by Gasteiger charge is 2.22. The van der Waals surface area contributed by atoms with E-state index in [9.17, 15) is 13.2 Å². The normalized spacial score (nSPS) is 16.1. The van der Waals surface area contributed by atoms with Gasteiger partial charge in [0.05, 0.1) is 11.4 Å². The van der Waals surface area contributed by atoms with Gasteiger partial charge in [-0.25, -0.2) is 17.9 Å². The number of amides is 1. The summed E-state index contributed by atoms with van der Waals surface area (Å²) in [7, 11) is -2.95. The van der Waals surface area contributed by atoms with Crippen molar-refractivity contribution in [1.82, 2.24) is 24.4 Å². The molecule has 0 atom stereocenters. The molecule has 0 N–H and O–H groups in total. The number of piperazine rings is 1. The second kappa shape index (κ2) is 8.16. The van der Waals surface area contributed by atoms with Crippen LogP contribution in [0.1, 0.15) is 29.1 Å². The van der Waals surface area contributed by atoms with Crippen molar-refractivity contribution in [3.63, 3.8) is 0 Å². The Kier molecular flexibility index (Phi) is 6.04. The average Bonchev–Trinajstić information content (AvgIpc) is 3.00. The van der Waals surface area contributed by atoms with Crippen molar-refractivity contribution >= 4 is 21.4 Å². The van der Waals surface area contributed by atoms with Gasteiger partial charge in [0.1, 0.15) is 9.84 Å². The summed E-state index contributed by atoms with van der Waals surface area (Å²) in [5, 5.41) is 4.48. The van der Waals surface area contributed by atoms with E-state index < -0.39 is 9.84 Å². The van der Waals surface area contributed by atoms with Gasteiger partial charge in [-0.2, -0.15) is 5.10 Å². The summed E-state index contributed by atoms with van der Waals surface area (Å²) < 4.78 is 24.5. The van der Waals surface area contributed by atoms with Gasteiger partial charge >= 0.3 is 0 Å². The van der Waals surface area contributed by atoms with E-state index in [-0.39, 0.29) is 11.7 Å². The Bertz CT molecular complexity index is 975. The molecule has 0 unspecified atom stereocenters. The number of sulfone groups is 1. The van der Waals surface area contributed by atoms with Gasteiger partial charge in [0, 0.05) is 62.9 Å². The molecule has 2 aromatic rings. The third kappa shape index (κ3) is 4.88. The second-order valence-electron chi connectivity index (χ2n) is 7.67. The lowest BCUT2D eigenvalue weighted by Crippen LogP contribution is -2.49. The first kappa shape index (κ1) is 20.7. The minimum absolute atomic E-state index is 0.137. The Hall–Kier alpha value is -2.00. The molecule has 9 heteroatoms. The summed E-state index contributed by atoms with van der Waals surface area (Å²) in [6.45, 7) is 9.23. The number of carbonyl (C=O) groups excluding carboxylic acids is 1. The quantitative estimate of drug-likeness (QED) is 0.703. The Morgan fingerprint density at radius 2 is 1.82 bits per heavy atom. The monoisotopic (exact) mass is 407 g/mol. The van der Waals surface area contributed by atoms with Gasteiger partial charge in [0.15, 0.2) is 5.65 Å². The van der Waals surface area contributed by atoms with Crippen LogP contribution in [0.2, 0.25) is 0 Å². The summed E-state index contributed by atoms with van der Waals surface area (Å²) in [5.74, 6) is 0.306. The molecular weight excluding hydrogens is 378 g/mol. The summed E-state index contributed by atoms with van der Waals surface area (Å²) in [6, 6.07) is 1.96. The summed E-state index contributed by atoms with van der Waals surface area (Å²) >= 11 is 0. The summed E-state index contributed by atoms with van der Waals surface area (Å²) in [4.78, 5) is 21.3. The zero-order valence-corrected chi connectivity index (χ0v) is 17.9. The standard InChI is InChI=1S/C19H29N5O3S/c1-14-13-18-20-15(2)17(16(3)24(18)21-14)5-6-19(25)23-9-7-22(8-10-23)11-12-28(4,26)27/h13H,5-12H2,1-4H3. The van der Waals surface area contributed by atoms with Crippen molar-refractivity contribution in [2.24, 2.45) is 0 Å². The van der Waals surface area contributed by atoms with E-state index >= 15 is 0 Å². The van der Waals surface area contributed by atoms with E-state index in [0.29, 0.717) is 32.5 Å². The predicted molar refractivity (Wildman–Crippen MR) is 108 cm³/mol. The maximum Gasteiger partial charge on any atom is 0.222 e. The summed E-state index contributed by atoms with van der Waals surface area (Å²) in [5.41, 5.74) is 4.83. The van der Waals surface area contributed by atoms with Crippen LogP contribution in [0, 0.1) is 20.8 Å². The SMILES string of the molecule is Cc1cc2nc(C)c(CCC(=O)N3CCN(CCS(C)(=O)=O)CC3)c(C)n2n1. The van der Waals surface area contributed by atoms with E-state index in [2.05, 4.69) is 15.0 Å². The molecule has 3 rings (SSSR count). The van der Waals surface area contributed by atoms with Crippen molar-refractivity contribution in [3.8, 4) is 0 Å². The number of aromatic nitrogens is 3. The molecule has 28 heavy (non-hydrogen) atoms. The van der Waals surface area contributed by atoms with Crippen LogP contribution in [-0.4, -0.2) is 83.5 Å². The van der Waals surface area contributed by atoms with E-state index in [0.717, 1.165) is 41.4 Å². The first-order chi connectivity index (χ1) is 13.1. The number of aryl methyl sites for hydroxylation is 3. The summed E-state index contributed by atoms with van der Waals surface area (Å²) in [6.07, 6.45) is 2.35. The Labute approximate surface area is 166 Å². The fourth-order valence-corrected chi connectivity index (χ4v) is 4.30. The van der Waals surface area contributed by atoms with Crippen LogP contribution in [0.25, 0.3) is 5.65 Å². The first-order valence-corrected chi connectivity index (χ1v) is 11.7. The number of carbonyl (C=O) groups is 1. The Balaban J connectivity index is 1.56. The molecule has 0 radical (unpaired) electrons. The third-order valence-electron chi connectivity index (χ3n) is 5.38. The molecular formula is C19H29N5O3S. The molecule has 3 heterocycles. The van der Waals surface area contributed by atoms with Crippen molar-refractivity contribution in [3.05, 3.63) is 28.7 Å². The third-order valence-corrected chi connectivity index (χ3v) is 6.30. The van der Waals surface area contributed by atoms with Gasteiger partial charge in [-0.15, -0.1) is 0 Å². The van der Waals surface area contributed by atoms with Crippen molar-refractivity contribution in [1.29, 1.82) is 0 Å². The minimum atomic E-state index is -2.95. The van der Waals surface area contributed by atoms with Crippen LogP contribution >= 0.6 is 0 Å². The maximum atomic E-state index is 12.7. The lowest BCUT2D eigenvalue weighted by Gasteiger charge is -2.34. The molecule has 1 aliphatic rings. The van der Waals surface area contributed by atoms with Crippen LogP contribution in [-0.2, 0) is 21.1 Å². The molecule has 0 aliphatic carbocycles. The van der Waals surface area contributed by atoms with E-state index in [1.807, 2.05) is 36.3 Å². The zero-order chi connectivity index (χ0) is 20.5. The zero-order valence-electron chi connectivity index (χ0n) is 17.1. The largest absolute Gasteiger partial charge is 0.340 e. The van der Waals surface area contributed by atoms with Crippen molar-refractivity contribution in [2.45, 2.75) is 33.6 Å². The molecule has 0 spiro atoms. The fraction of sp³-hybridized carbons (Fsp3) is 0.632. The number of hydrogen-bond donors (Lipinski definition) is 0. The average molecular weight is 408 g/mol. The van der Waals surface area contributed by atoms with E-state index in [1.165, 1.54) is 6.26 Å². The van der Waals surface area contributed by atoms with Gasteiger partial charge in [-0.05, 0) is 32.8 Å². The molecule has 1 saturated heterocycles. The predicted octanol–water partition coefficient (Wildman–Crippen LogP) is 0.776. The van der Waals surface area contributed by atoms with Gasteiger partial charge in [-0.1, -0.05) is 0 Å². The molecule has 2 aromatic heterocycles. The van der Waals surface area contributed by atoms with Gasteiger partial charge in [-0.3, -0.25) is 9.69 Å². The number of fused-ring (bicyclic) bond motifs is 1. The molecule has 0 bridgehead atoms. The fourth-order valence-electron chi connectivity index (χ4n) is 3.71. The minimum Gasteiger partial charge on any atom is -0.340 e. The van der Waals surface area contributed by atoms with E-state index in [1.54, 1.807) is 0 Å². The van der Waals surface area contributed by atoms with Crippen molar-refractivity contribution < 1.29 is 13.2 Å². The van der Waals surface area contributed by atoms with Gasteiger partial charge in [0.2, 0.25) is 5.91 Å². The van der Waals surface area contributed by atoms with Crippen LogP contribution in [0.3, 0.4) is 0 Å². The van der Waals surface area contributed by atoms with Crippen LogP contribution < -0.4 is 0 Å². The van der Waals surface area contributed by atoms with Crippen LogP contribution in [0.15, 0.2) is 6.07 Å². The van der Waals surface area contributed by atoms with Gasteiger partial charge in [0.25, 0.3) is 0 Å². The molecule has 1 fully saturated rings. The van der Waals surface area contributed by atoms with Crippen molar-refractivity contribution in [2.75, 3.05) is 44.7 Å². The maximum absolute atomic E-state index is 12.7. The molecule has 0 saturated carbocycles. The lowest BCUT2D eigenvalue weighted by atomic mass is 10.1. The topological polar surface area (TPSA) is 87.9 Å². The lowest BCUT2D eigenvalue weighted by molar-refractivity contribution is -0.132. The number of nitrogens with zero attached hydrogens (tertiary/aromatic N) is 5. The highest BCUT2D eigenvalue weighted by Crippen LogP contribution is 2.17. The van der Waals surface area contributed by atoms with Crippen LogP contribution in [0.4, 0.5) is 0 Å². The highest BCUT2D eigenvalue weighted by molar-refractivity contribution is 7.90. The molecule has 154 valence electrons. The first-order valence-electron chi connectivity index (χ1n) is 9.64. The van der Waals surface area contributed by atoms with E-state index in [4.69, 9.17) is 0 Å². The molecule has 1 amide bonds. The number of hydrogen-bond acceptors (Lipinski definition) is 6. The molecule has 8 nitrogen and oxygen atoms in total. The van der Waals surface area contributed by atoms with Crippen LogP contribution in [0.5, 0.6) is 0 Å². The highest BCUT2D eigenvalue weighted by atomic mass is 32.2. The Morgan fingerprint density at radius 3 is 2.46 bits per heavy atom.